The number of nitrogens with zero attached hydrogens (tertiary/aromatic N) is 2. The van der Waals surface area contributed by atoms with Gasteiger partial charge in [0, 0.05) is 24.6 Å². The lowest BCUT2D eigenvalue weighted by Gasteiger charge is -2.32. The molecule has 1 aliphatic carbocycles. The number of hydrogen-bond donors (Lipinski definition) is 3. The predicted molar refractivity (Wildman–Crippen MR) is 97.1 cm³/mol. The number of aliphatic hydroxyl groups is 1. The number of anilines is 2. The Morgan fingerprint density at radius 1 is 1.24 bits per heavy atom. The van der Waals surface area contributed by atoms with Crippen molar-refractivity contribution >= 4 is 29.0 Å². The molecule has 7 heteroatoms. The van der Waals surface area contributed by atoms with E-state index in [1.54, 1.807) is 36.8 Å². The molecule has 0 spiro atoms. The molecule has 25 heavy (non-hydrogen) atoms. The zero-order valence-electron chi connectivity index (χ0n) is 13.8. The van der Waals surface area contributed by atoms with E-state index < -0.39 is 5.60 Å². The third-order valence-electron chi connectivity index (χ3n) is 4.41. The van der Waals surface area contributed by atoms with Gasteiger partial charge in [0.2, 0.25) is 0 Å². The maximum Gasteiger partial charge on any atom is 0.252 e. The van der Waals surface area contributed by atoms with Gasteiger partial charge in [0.15, 0.2) is 0 Å². The summed E-state index contributed by atoms with van der Waals surface area (Å²) in [5.74, 6) is 0.277. The first kappa shape index (κ1) is 17.6. The van der Waals surface area contributed by atoms with E-state index in [4.69, 9.17) is 11.6 Å². The van der Waals surface area contributed by atoms with Crippen LogP contribution in [0.5, 0.6) is 0 Å². The number of rotatable bonds is 5. The van der Waals surface area contributed by atoms with Crippen LogP contribution >= 0.6 is 11.6 Å². The maximum atomic E-state index is 12.5. The first-order valence-corrected chi connectivity index (χ1v) is 8.77. The first-order valence-electron chi connectivity index (χ1n) is 8.39. The third-order valence-corrected chi connectivity index (χ3v) is 4.74. The molecular weight excluding hydrogens is 340 g/mol. The highest BCUT2D eigenvalue weighted by molar-refractivity contribution is 6.34. The minimum absolute atomic E-state index is 0.240. The average molecular weight is 361 g/mol. The Kier molecular flexibility index (Phi) is 5.50. The monoisotopic (exact) mass is 360 g/mol. The van der Waals surface area contributed by atoms with E-state index in [0.717, 1.165) is 32.1 Å². The fourth-order valence-corrected chi connectivity index (χ4v) is 3.22. The van der Waals surface area contributed by atoms with Crippen LogP contribution in [0, 0.1) is 0 Å². The van der Waals surface area contributed by atoms with Crippen LogP contribution < -0.4 is 10.6 Å². The molecule has 2 aromatic rings. The summed E-state index contributed by atoms with van der Waals surface area (Å²) in [6.45, 7) is 0.240. The van der Waals surface area contributed by atoms with Crippen molar-refractivity contribution in [1.29, 1.82) is 0 Å². The molecule has 1 saturated carbocycles. The maximum absolute atomic E-state index is 12.5. The Morgan fingerprint density at radius 3 is 2.76 bits per heavy atom. The van der Waals surface area contributed by atoms with Gasteiger partial charge in [-0.1, -0.05) is 30.9 Å². The second-order valence-corrected chi connectivity index (χ2v) is 6.79. The van der Waals surface area contributed by atoms with Crippen molar-refractivity contribution in [3.63, 3.8) is 0 Å². The van der Waals surface area contributed by atoms with Gasteiger partial charge in [0.05, 0.1) is 22.4 Å². The number of benzene rings is 1. The van der Waals surface area contributed by atoms with E-state index in [2.05, 4.69) is 20.6 Å². The number of halogens is 1. The molecule has 1 fully saturated rings. The molecule has 1 aromatic heterocycles. The lowest BCUT2D eigenvalue weighted by Crippen LogP contribution is -2.44. The number of carbonyl (C=O) groups is 1. The normalized spacial score (nSPS) is 16.2. The molecule has 0 saturated heterocycles. The highest BCUT2D eigenvalue weighted by atomic mass is 35.5. The second kappa shape index (κ2) is 7.80. The second-order valence-electron chi connectivity index (χ2n) is 6.38. The SMILES string of the molecule is O=C(NCC1(O)CCCCC1)c1cc(Nc2cnccn2)ccc1Cl. The Bertz CT molecular complexity index is 733. The minimum atomic E-state index is -0.810. The van der Waals surface area contributed by atoms with Gasteiger partial charge in [-0.05, 0) is 31.0 Å². The Labute approximate surface area is 151 Å². The van der Waals surface area contributed by atoms with E-state index in [1.807, 2.05) is 0 Å². The summed E-state index contributed by atoms with van der Waals surface area (Å²) in [7, 11) is 0. The van der Waals surface area contributed by atoms with Crippen LogP contribution in [0.3, 0.4) is 0 Å². The van der Waals surface area contributed by atoms with Gasteiger partial charge in [0.25, 0.3) is 5.91 Å². The molecule has 0 aliphatic heterocycles. The molecular formula is C18H21ClN4O2. The predicted octanol–water partition coefficient (Wildman–Crippen LogP) is 3.30. The number of amides is 1. The van der Waals surface area contributed by atoms with Crippen LogP contribution in [0.1, 0.15) is 42.5 Å². The number of carbonyl (C=O) groups excluding carboxylic acids is 1. The fourth-order valence-electron chi connectivity index (χ4n) is 3.02. The van der Waals surface area contributed by atoms with Crippen LogP contribution in [-0.4, -0.2) is 33.1 Å². The van der Waals surface area contributed by atoms with Gasteiger partial charge in [-0.2, -0.15) is 0 Å². The molecule has 132 valence electrons. The molecule has 1 amide bonds. The molecule has 1 aliphatic rings. The minimum Gasteiger partial charge on any atom is -0.388 e. The summed E-state index contributed by atoms with van der Waals surface area (Å²) in [5.41, 5.74) is 0.233. The van der Waals surface area contributed by atoms with Crippen molar-refractivity contribution < 1.29 is 9.90 Å². The molecule has 6 nitrogen and oxygen atoms in total. The van der Waals surface area contributed by atoms with Gasteiger partial charge >= 0.3 is 0 Å². The van der Waals surface area contributed by atoms with Crippen LogP contribution in [0.25, 0.3) is 0 Å². The zero-order valence-corrected chi connectivity index (χ0v) is 14.6. The van der Waals surface area contributed by atoms with Crippen LogP contribution in [0.2, 0.25) is 5.02 Å². The van der Waals surface area contributed by atoms with Gasteiger partial charge in [-0.3, -0.25) is 9.78 Å². The van der Waals surface area contributed by atoms with Gasteiger partial charge in [-0.25, -0.2) is 4.98 Å². The number of nitrogens with one attached hydrogen (secondary N) is 2. The van der Waals surface area contributed by atoms with Crippen molar-refractivity contribution in [1.82, 2.24) is 15.3 Å². The van der Waals surface area contributed by atoms with Crippen molar-refractivity contribution in [2.45, 2.75) is 37.7 Å². The van der Waals surface area contributed by atoms with E-state index in [1.165, 1.54) is 0 Å². The molecule has 3 N–H and O–H groups in total. The summed E-state index contributed by atoms with van der Waals surface area (Å²) in [6.07, 6.45) is 9.31. The Balaban J connectivity index is 1.68. The molecule has 0 bridgehead atoms. The van der Waals surface area contributed by atoms with Crippen molar-refractivity contribution in [3.8, 4) is 0 Å². The van der Waals surface area contributed by atoms with E-state index in [-0.39, 0.29) is 12.5 Å². The standard InChI is InChI=1S/C18H21ClN4O2/c19-15-5-4-13(23-16-11-20-8-9-21-16)10-14(15)17(24)22-12-18(25)6-2-1-3-7-18/h4-5,8-11,25H,1-3,6-7,12H2,(H,21,23)(H,22,24). The molecule has 1 aromatic carbocycles. The quantitative estimate of drug-likeness (QED) is 0.761. The molecule has 3 rings (SSSR count). The van der Waals surface area contributed by atoms with Gasteiger partial charge in [0.1, 0.15) is 5.82 Å². The Morgan fingerprint density at radius 2 is 2.04 bits per heavy atom. The zero-order chi connectivity index (χ0) is 17.7. The van der Waals surface area contributed by atoms with Crippen molar-refractivity contribution in [3.05, 3.63) is 47.4 Å². The van der Waals surface area contributed by atoms with Crippen molar-refractivity contribution in [2.75, 3.05) is 11.9 Å². The number of aromatic nitrogens is 2. The summed E-state index contributed by atoms with van der Waals surface area (Å²) >= 11 is 6.17. The fraction of sp³-hybridized carbons (Fsp3) is 0.389. The van der Waals surface area contributed by atoms with E-state index in [9.17, 15) is 9.90 Å². The summed E-state index contributed by atoms with van der Waals surface area (Å²) in [5, 5.41) is 16.8. The molecule has 0 unspecified atom stereocenters. The van der Waals surface area contributed by atoms with Crippen molar-refractivity contribution in [2.24, 2.45) is 0 Å². The molecule has 0 atom stereocenters. The van der Waals surface area contributed by atoms with Gasteiger partial charge < -0.3 is 15.7 Å². The van der Waals surface area contributed by atoms with E-state index >= 15 is 0 Å². The van der Waals surface area contributed by atoms with Crippen LogP contribution in [-0.2, 0) is 0 Å². The summed E-state index contributed by atoms with van der Waals surface area (Å²) in [4.78, 5) is 20.6. The lowest BCUT2D eigenvalue weighted by molar-refractivity contribution is 0.00526. The smallest absolute Gasteiger partial charge is 0.252 e. The van der Waals surface area contributed by atoms with Crippen LogP contribution in [0.4, 0.5) is 11.5 Å². The topological polar surface area (TPSA) is 87.1 Å². The number of hydrogen-bond acceptors (Lipinski definition) is 5. The Hall–Kier alpha value is -2.18. The molecule has 1 heterocycles. The summed E-state index contributed by atoms with van der Waals surface area (Å²) in [6, 6.07) is 5.09. The van der Waals surface area contributed by atoms with Crippen LogP contribution in [0.15, 0.2) is 36.8 Å². The highest BCUT2D eigenvalue weighted by Gasteiger charge is 2.29. The lowest BCUT2D eigenvalue weighted by atomic mass is 9.85. The van der Waals surface area contributed by atoms with E-state index in [0.29, 0.717) is 22.1 Å². The average Bonchev–Trinajstić information content (AvgIpc) is 2.63. The third kappa shape index (κ3) is 4.67. The first-order chi connectivity index (χ1) is 12.1. The largest absolute Gasteiger partial charge is 0.388 e. The van der Waals surface area contributed by atoms with Gasteiger partial charge in [-0.15, -0.1) is 0 Å². The summed E-state index contributed by atoms with van der Waals surface area (Å²) < 4.78 is 0. The molecule has 0 radical (unpaired) electrons. The highest BCUT2D eigenvalue weighted by Crippen LogP contribution is 2.28.